The summed E-state index contributed by atoms with van der Waals surface area (Å²) in [5.41, 5.74) is 7.86. The molecule has 0 amide bonds. The summed E-state index contributed by atoms with van der Waals surface area (Å²) in [5.74, 6) is 0.416. The molecule has 112 valence electrons. The van der Waals surface area contributed by atoms with Crippen molar-refractivity contribution in [2.24, 2.45) is 5.73 Å². The summed E-state index contributed by atoms with van der Waals surface area (Å²) in [7, 11) is 0. The van der Waals surface area contributed by atoms with Crippen LogP contribution < -0.4 is 10.5 Å². The van der Waals surface area contributed by atoms with Gasteiger partial charge in [0.25, 0.3) is 0 Å². The van der Waals surface area contributed by atoms with Gasteiger partial charge in [-0.15, -0.1) is 0 Å². The standard InChI is InChI=1S/C17H20FNO2/c1-12(19)17(14-4-6-15(18)7-5-14)21-16-8-2-13(3-9-16)10-11-20/h2-9,12,17,20H,10-11,19H2,1H3. The minimum Gasteiger partial charge on any atom is -0.484 e. The highest BCUT2D eigenvalue weighted by atomic mass is 19.1. The maximum Gasteiger partial charge on any atom is 0.138 e. The molecule has 0 fully saturated rings. The number of nitrogens with two attached hydrogens (primary N) is 1. The molecule has 0 aliphatic heterocycles. The molecule has 0 spiro atoms. The summed E-state index contributed by atoms with van der Waals surface area (Å²) in [6.07, 6.45) is 0.281. The molecular weight excluding hydrogens is 269 g/mol. The van der Waals surface area contributed by atoms with Crippen molar-refractivity contribution in [3.05, 3.63) is 65.5 Å². The summed E-state index contributed by atoms with van der Waals surface area (Å²) < 4.78 is 18.9. The Hall–Kier alpha value is -1.91. The fourth-order valence-corrected chi connectivity index (χ4v) is 2.14. The number of rotatable bonds is 6. The molecule has 0 saturated heterocycles. The molecule has 0 radical (unpaired) electrons. The van der Waals surface area contributed by atoms with Gasteiger partial charge in [-0.3, -0.25) is 0 Å². The van der Waals surface area contributed by atoms with Crippen LogP contribution in [0.25, 0.3) is 0 Å². The van der Waals surface area contributed by atoms with E-state index < -0.39 is 0 Å². The molecule has 0 saturated carbocycles. The monoisotopic (exact) mass is 289 g/mol. The molecule has 2 atom stereocenters. The third-order valence-electron chi connectivity index (χ3n) is 3.26. The van der Waals surface area contributed by atoms with E-state index in [2.05, 4.69) is 0 Å². The van der Waals surface area contributed by atoms with Gasteiger partial charge >= 0.3 is 0 Å². The largest absolute Gasteiger partial charge is 0.484 e. The van der Waals surface area contributed by atoms with Gasteiger partial charge in [0.05, 0.1) is 0 Å². The molecule has 3 nitrogen and oxygen atoms in total. The Bertz CT molecular complexity index is 552. The second kappa shape index (κ2) is 7.20. The van der Waals surface area contributed by atoms with Crippen LogP contribution in [0.4, 0.5) is 4.39 Å². The third kappa shape index (κ3) is 4.28. The quantitative estimate of drug-likeness (QED) is 0.859. The fraction of sp³-hybridized carbons (Fsp3) is 0.294. The SMILES string of the molecule is CC(N)C(Oc1ccc(CCO)cc1)c1ccc(F)cc1. The zero-order chi connectivity index (χ0) is 15.2. The van der Waals surface area contributed by atoms with Crippen LogP contribution in [-0.4, -0.2) is 17.8 Å². The Kier molecular flexibility index (Phi) is 5.31. The van der Waals surface area contributed by atoms with Gasteiger partial charge in [-0.05, 0) is 48.7 Å². The van der Waals surface area contributed by atoms with Crippen LogP contribution in [0, 0.1) is 5.82 Å². The first-order valence-electron chi connectivity index (χ1n) is 6.97. The van der Waals surface area contributed by atoms with E-state index in [-0.39, 0.29) is 24.6 Å². The topological polar surface area (TPSA) is 55.5 Å². The average molecular weight is 289 g/mol. The number of aliphatic hydroxyl groups excluding tert-OH is 1. The zero-order valence-electron chi connectivity index (χ0n) is 12.0. The molecule has 4 heteroatoms. The molecule has 21 heavy (non-hydrogen) atoms. The van der Waals surface area contributed by atoms with Crippen molar-refractivity contribution < 1.29 is 14.2 Å². The van der Waals surface area contributed by atoms with E-state index in [9.17, 15) is 4.39 Å². The number of ether oxygens (including phenoxy) is 1. The van der Waals surface area contributed by atoms with Gasteiger partial charge in [0.1, 0.15) is 17.7 Å². The first-order valence-corrected chi connectivity index (χ1v) is 6.97. The minimum atomic E-state index is -0.339. The van der Waals surface area contributed by atoms with Crippen molar-refractivity contribution >= 4 is 0 Å². The highest BCUT2D eigenvalue weighted by Gasteiger charge is 2.18. The fourth-order valence-electron chi connectivity index (χ4n) is 2.14. The van der Waals surface area contributed by atoms with Crippen molar-refractivity contribution in [2.45, 2.75) is 25.5 Å². The predicted octanol–water partition coefficient (Wildman–Crippen LogP) is 2.83. The molecule has 0 heterocycles. The van der Waals surface area contributed by atoms with Gasteiger partial charge < -0.3 is 15.6 Å². The van der Waals surface area contributed by atoms with Crippen LogP contribution in [0.1, 0.15) is 24.2 Å². The molecule has 2 aromatic rings. The highest BCUT2D eigenvalue weighted by Crippen LogP contribution is 2.24. The lowest BCUT2D eigenvalue weighted by molar-refractivity contribution is 0.180. The average Bonchev–Trinajstić information content (AvgIpc) is 2.47. The Morgan fingerprint density at radius 1 is 1.10 bits per heavy atom. The van der Waals surface area contributed by atoms with Gasteiger partial charge in [0, 0.05) is 12.6 Å². The van der Waals surface area contributed by atoms with Crippen LogP contribution in [0.15, 0.2) is 48.5 Å². The van der Waals surface area contributed by atoms with Gasteiger partial charge in [-0.25, -0.2) is 4.39 Å². The van der Waals surface area contributed by atoms with Crippen molar-refractivity contribution in [1.82, 2.24) is 0 Å². The van der Waals surface area contributed by atoms with Crippen LogP contribution in [-0.2, 0) is 6.42 Å². The summed E-state index contributed by atoms with van der Waals surface area (Å²) in [4.78, 5) is 0. The second-order valence-electron chi connectivity index (χ2n) is 5.07. The molecular formula is C17H20FNO2. The minimum absolute atomic E-state index is 0.123. The van der Waals surface area contributed by atoms with Crippen molar-refractivity contribution in [1.29, 1.82) is 0 Å². The van der Waals surface area contributed by atoms with Crippen molar-refractivity contribution in [3.63, 3.8) is 0 Å². The van der Waals surface area contributed by atoms with E-state index in [4.69, 9.17) is 15.6 Å². The zero-order valence-corrected chi connectivity index (χ0v) is 12.0. The number of aliphatic hydroxyl groups is 1. The first kappa shape index (κ1) is 15.5. The lowest BCUT2D eigenvalue weighted by Gasteiger charge is -2.23. The number of benzene rings is 2. The Morgan fingerprint density at radius 2 is 1.71 bits per heavy atom. The van der Waals surface area contributed by atoms with Gasteiger partial charge in [-0.2, -0.15) is 0 Å². The summed E-state index contributed by atoms with van der Waals surface area (Å²) in [5, 5.41) is 8.90. The van der Waals surface area contributed by atoms with E-state index in [1.807, 2.05) is 31.2 Å². The predicted molar refractivity (Wildman–Crippen MR) is 80.7 cm³/mol. The molecule has 2 aromatic carbocycles. The number of halogens is 1. The molecule has 0 aliphatic carbocycles. The molecule has 0 bridgehead atoms. The molecule has 3 N–H and O–H groups in total. The molecule has 2 unspecified atom stereocenters. The third-order valence-corrected chi connectivity index (χ3v) is 3.26. The number of hydrogen-bond donors (Lipinski definition) is 2. The van der Waals surface area contributed by atoms with Crippen molar-refractivity contribution in [2.75, 3.05) is 6.61 Å². The number of hydrogen-bond acceptors (Lipinski definition) is 3. The highest BCUT2D eigenvalue weighted by molar-refractivity contribution is 5.29. The lowest BCUT2D eigenvalue weighted by Crippen LogP contribution is -2.29. The maximum atomic E-state index is 13.0. The maximum absolute atomic E-state index is 13.0. The van der Waals surface area contributed by atoms with Gasteiger partial charge in [0.15, 0.2) is 0 Å². The Morgan fingerprint density at radius 3 is 2.24 bits per heavy atom. The van der Waals surface area contributed by atoms with Crippen LogP contribution in [0.3, 0.4) is 0 Å². The van der Waals surface area contributed by atoms with Gasteiger partial charge in [0.2, 0.25) is 0 Å². The summed E-state index contributed by atoms with van der Waals surface area (Å²) in [6.45, 7) is 1.98. The van der Waals surface area contributed by atoms with Crippen LogP contribution in [0.5, 0.6) is 5.75 Å². The molecule has 0 aliphatic rings. The van der Waals surface area contributed by atoms with Crippen molar-refractivity contribution in [3.8, 4) is 5.75 Å². The first-order chi connectivity index (χ1) is 10.1. The van der Waals surface area contributed by atoms with E-state index in [1.54, 1.807) is 12.1 Å². The second-order valence-corrected chi connectivity index (χ2v) is 5.07. The summed E-state index contributed by atoms with van der Waals surface area (Å²) in [6, 6.07) is 13.5. The Balaban J connectivity index is 2.14. The molecule has 2 rings (SSSR count). The van der Waals surface area contributed by atoms with E-state index in [1.165, 1.54) is 12.1 Å². The Labute approximate surface area is 124 Å². The van der Waals surface area contributed by atoms with Crippen LogP contribution in [0.2, 0.25) is 0 Å². The van der Waals surface area contributed by atoms with E-state index in [0.29, 0.717) is 12.2 Å². The van der Waals surface area contributed by atoms with Gasteiger partial charge in [-0.1, -0.05) is 24.3 Å². The smallest absolute Gasteiger partial charge is 0.138 e. The molecule has 0 aromatic heterocycles. The summed E-state index contributed by atoms with van der Waals surface area (Å²) >= 11 is 0. The normalized spacial score (nSPS) is 13.7. The lowest BCUT2D eigenvalue weighted by atomic mass is 10.0. The van der Waals surface area contributed by atoms with E-state index in [0.717, 1.165) is 11.1 Å². The van der Waals surface area contributed by atoms with E-state index >= 15 is 0 Å². The van der Waals surface area contributed by atoms with Crippen LogP contribution >= 0.6 is 0 Å².